The highest BCUT2D eigenvalue weighted by Gasteiger charge is 2.01. The number of ether oxygens (including phenoxy) is 2. The number of halogens is 1. The summed E-state index contributed by atoms with van der Waals surface area (Å²) < 4.78 is 15.8. The van der Waals surface area contributed by atoms with Crippen LogP contribution in [-0.4, -0.2) is 38.3 Å². The zero-order chi connectivity index (χ0) is 17.0. The molecule has 0 aliphatic carbocycles. The number of aliphatic imine (C=N–C) groups is 1. The lowest BCUT2D eigenvalue weighted by Gasteiger charge is -2.12. The number of pyridine rings is 1. The lowest BCUT2D eigenvalue weighted by Crippen LogP contribution is -2.37. The van der Waals surface area contributed by atoms with Crippen LogP contribution in [0.25, 0.3) is 0 Å². The topological polar surface area (TPSA) is 80.9 Å². The van der Waals surface area contributed by atoms with E-state index in [1.165, 1.54) is 0 Å². The summed E-state index contributed by atoms with van der Waals surface area (Å²) in [7, 11) is 3.35. The molecule has 7 nitrogen and oxygen atoms in total. The lowest BCUT2D eigenvalue weighted by atomic mass is 10.2. The molecular formula is C17H25IN4O3. The third-order valence-electron chi connectivity index (χ3n) is 3.27. The van der Waals surface area contributed by atoms with Crippen molar-refractivity contribution in [3.8, 4) is 5.88 Å². The normalized spacial score (nSPS) is 10.9. The molecule has 0 amide bonds. The van der Waals surface area contributed by atoms with Crippen LogP contribution in [0, 0.1) is 0 Å². The minimum atomic E-state index is 0. The van der Waals surface area contributed by atoms with Crippen molar-refractivity contribution in [2.24, 2.45) is 4.99 Å². The van der Waals surface area contributed by atoms with Gasteiger partial charge in [0.05, 0.1) is 13.4 Å². The summed E-state index contributed by atoms with van der Waals surface area (Å²) in [5.41, 5.74) is 1.08. The number of nitrogens with zero attached hydrogens (tertiary/aromatic N) is 2. The molecular weight excluding hydrogens is 435 g/mol. The number of furan rings is 1. The summed E-state index contributed by atoms with van der Waals surface area (Å²) in [6, 6.07) is 7.58. The minimum absolute atomic E-state index is 0. The SMILES string of the molecule is CN=C(NCCCOCc1ccco1)NCc1ccnc(OC)c1.I. The van der Waals surface area contributed by atoms with E-state index in [0.717, 1.165) is 30.2 Å². The van der Waals surface area contributed by atoms with Gasteiger partial charge in [-0.15, -0.1) is 24.0 Å². The maximum atomic E-state index is 5.53. The maximum Gasteiger partial charge on any atom is 0.213 e. The van der Waals surface area contributed by atoms with Gasteiger partial charge >= 0.3 is 0 Å². The molecule has 0 atom stereocenters. The zero-order valence-corrected chi connectivity index (χ0v) is 16.9. The number of guanidine groups is 1. The molecule has 0 saturated heterocycles. The van der Waals surface area contributed by atoms with Crippen molar-refractivity contribution in [2.45, 2.75) is 19.6 Å². The van der Waals surface area contributed by atoms with Gasteiger partial charge in [-0.05, 0) is 30.2 Å². The predicted octanol–water partition coefficient (Wildman–Crippen LogP) is 2.57. The number of rotatable bonds is 9. The van der Waals surface area contributed by atoms with Crippen molar-refractivity contribution in [1.29, 1.82) is 0 Å². The van der Waals surface area contributed by atoms with Gasteiger partial charge in [-0.1, -0.05) is 0 Å². The number of aromatic nitrogens is 1. The summed E-state index contributed by atoms with van der Waals surface area (Å²) >= 11 is 0. The van der Waals surface area contributed by atoms with Gasteiger partial charge in [0.25, 0.3) is 0 Å². The van der Waals surface area contributed by atoms with E-state index in [0.29, 0.717) is 25.6 Å². The monoisotopic (exact) mass is 460 g/mol. The summed E-state index contributed by atoms with van der Waals surface area (Å²) in [4.78, 5) is 8.28. The van der Waals surface area contributed by atoms with Gasteiger partial charge in [0.1, 0.15) is 12.4 Å². The van der Waals surface area contributed by atoms with Gasteiger partial charge in [-0.2, -0.15) is 0 Å². The Morgan fingerprint density at radius 1 is 1.32 bits per heavy atom. The molecule has 0 saturated carbocycles. The Bertz CT molecular complexity index is 620. The van der Waals surface area contributed by atoms with Crippen LogP contribution in [0.3, 0.4) is 0 Å². The van der Waals surface area contributed by atoms with Crippen LogP contribution in [0.1, 0.15) is 17.7 Å². The quantitative estimate of drug-likeness (QED) is 0.259. The van der Waals surface area contributed by atoms with Gasteiger partial charge in [0.15, 0.2) is 5.96 Å². The molecule has 0 spiro atoms. The Kier molecular flexibility index (Phi) is 10.6. The van der Waals surface area contributed by atoms with Crippen molar-refractivity contribution in [3.63, 3.8) is 0 Å². The molecule has 0 aromatic carbocycles. The molecule has 0 fully saturated rings. The van der Waals surface area contributed by atoms with E-state index < -0.39 is 0 Å². The van der Waals surface area contributed by atoms with Crippen molar-refractivity contribution in [1.82, 2.24) is 15.6 Å². The molecule has 0 bridgehead atoms. The fraction of sp³-hybridized carbons (Fsp3) is 0.412. The van der Waals surface area contributed by atoms with Crippen molar-refractivity contribution in [2.75, 3.05) is 27.3 Å². The fourth-order valence-electron chi connectivity index (χ4n) is 2.03. The average Bonchev–Trinajstić information content (AvgIpc) is 3.14. The highest BCUT2D eigenvalue weighted by Crippen LogP contribution is 2.07. The standard InChI is InChI=1S/C17H24N4O3.HI/c1-18-17(21-12-14-6-8-19-16(11-14)22-2)20-7-4-9-23-13-15-5-3-10-24-15;/h3,5-6,8,10-11H,4,7,9,12-13H2,1-2H3,(H2,18,20,21);1H. The van der Waals surface area contributed by atoms with E-state index in [1.54, 1.807) is 26.6 Å². The third-order valence-corrected chi connectivity index (χ3v) is 3.27. The predicted molar refractivity (Wildman–Crippen MR) is 107 cm³/mol. The summed E-state index contributed by atoms with van der Waals surface area (Å²) in [6.45, 7) is 2.58. The van der Waals surface area contributed by atoms with Crippen LogP contribution in [0.15, 0.2) is 46.1 Å². The van der Waals surface area contributed by atoms with Crippen molar-refractivity contribution < 1.29 is 13.9 Å². The Morgan fingerprint density at radius 2 is 2.20 bits per heavy atom. The Labute approximate surface area is 165 Å². The van der Waals surface area contributed by atoms with Gasteiger partial charge in [0, 0.05) is 39.0 Å². The first-order valence-corrected chi connectivity index (χ1v) is 7.85. The molecule has 25 heavy (non-hydrogen) atoms. The molecule has 0 aliphatic heterocycles. The van der Waals surface area contributed by atoms with Crippen LogP contribution >= 0.6 is 24.0 Å². The highest BCUT2D eigenvalue weighted by atomic mass is 127. The number of hydrogen-bond acceptors (Lipinski definition) is 5. The summed E-state index contributed by atoms with van der Waals surface area (Å²) in [5, 5.41) is 6.50. The molecule has 8 heteroatoms. The summed E-state index contributed by atoms with van der Waals surface area (Å²) in [5.74, 6) is 2.19. The van der Waals surface area contributed by atoms with E-state index in [4.69, 9.17) is 13.9 Å². The molecule has 2 N–H and O–H groups in total. The molecule has 138 valence electrons. The molecule has 2 rings (SSSR count). The smallest absolute Gasteiger partial charge is 0.213 e. The Morgan fingerprint density at radius 3 is 2.92 bits per heavy atom. The van der Waals surface area contributed by atoms with Crippen LogP contribution < -0.4 is 15.4 Å². The Hall–Kier alpha value is -1.81. The Balaban J connectivity index is 0.00000312. The van der Waals surface area contributed by atoms with Crippen LogP contribution in [0.2, 0.25) is 0 Å². The minimum Gasteiger partial charge on any atom is -0.481 e. The summed E-state index contributed by atoms with van der Waals surface area (Å²) in [6.07, 6.45) is 4.25. The third kappa shape index (κ3) is 8.21. The molecule has 0 aliphatic rings. The van der Waals surface area contributed by atoms with Crippen molar-refractivity contribution in [3.05, 3.63) is 48.0 Å². The number of nitrogens with one attached hydrogen (secondary N) is 2. The highest BCUT2D eigenvalue weighted by molar-refractivity contribution is 14.0. The second-order valence-corrected chi connectivity index (χ2v) is 5.04. The number of methoxy groups -OCH3 is 1. The first-order valence-electron chi connectivity index (χ1n) is 7.85. The van der Waals surface area contributed by atoms with Gasteiger partial charge < -0.3 is 24.5 Å². The van der Waals surface area contributed by atoms with Gasteiger partial charge in [0.2, 0.25) is 5.88 Å². The molecule has 0 unspecified atom stereocenters. The second kappa shape index (κ2) is 12.5. The first-order chi connectivity index (χ1) is 11.8. The lowest BCUT2D eigenvalue weighted by molar-refractivity contribution is 0.105. The van der Waals surface area contributed by atoms with E-state index in [9.17, 15) is 0 Å². The van der Waals surface area contributed by atoms with E-state index >= 15 is 0 Å². The van der Waals surface area contributed by atoms with Crippen LogP contribution in [-0.2, 0) is 17.9 Å². The van der Waals surface area contributed by atoms with Gasteiger partial charge in [-0.3, -0.25) is 4.99 Å². The largest absolute Gasteiger partial charge is 0.481 e. The van der Waals surface area contributed by atoms with E-state index in [2.05, 4.69) is 20.6 Å². The zero-order valence-electron chi connectivity index (χ0n) is 14.5. The van der Waals surface area contributed by atoms with E-state index in [1.807, 2.05) is 24.3 Å². The average molecular weight is 460 g/mol. The van der Waals surface area contributed by atoms with Crippen LogP contribution in [0.5, 0.6) is 5.88 Å². The molecule has 0 radical (unpaired) electrons. The fourth-order valence-corrected chi connectivity index (χ4v) is 2.03. The van der Waals surface area contributed by atoms with Crippen molar-refractivity contribution >= 4 is 29.9 Å². The molecule has 2 aromatic rings. The van der Waals surface area contributed by atoms with E-state index in [-0.39, 0.29) is 24.0 Å². The molecule has 2 aromatic heterocycles. The van der Waals surface area contributed by atoms with Gasteiger partial charge in [-0.25, -0.2) is 4.98 Å². The number of hydrogen-bond donors (Lipinski definition) is 2. The van der Waals surface area contributed by atoms with Crippen LogP contribution in [0.4, 0.5) is 0 Å². The maximum absolute atomic E-state index is 5.53. The first kappa shape index (κ1) is 21.2. The second-order valence-electron chi connectivity index (χ2n) is 5.04. The molecule has 2 heterocycles.